The normalized spacial score (nSPS) is 10.6. The summed E-state index contributed by atoms with van der Waals surface area (Å²) in [5, 5.41) is 0. The molecule has 5 nitrogen and oxygen atoms in total. The number of carbonyl (C=O) groups excluding carboxylic acids is 3. The number of ketones is 3. The van der Waals surface area contributed by atoms with E-state index < -0.39 is 23.6 Å². The summed E-state index contributed by atoms with van der Waals surface area (Å²) in [6.45, 7) is 9.32. The van der Waals surface area contributed by atoms with Crippen molar-refractivity contribution in [2.24, 2.45) is 0 Å². The van der Waals surface area contributed by atoms with Crippen LogP contribution in [0.15, 0.2) is 0 Å². The SMILES string of the molecule is CC(=O)[C-](C(C)=O)C(=O)C(OC(C)C)OC(C)C.[Ti]. The first-order chi connectivity index (χ1) is 8.16. The monoisotopic (exact) mass is 305 g/mol. The molecule has 0 aliphatic rings. The topological polar surface area (TPSA) is 69.7 Å². The zero-order valence-electron chi connectivity index (χ0n) is 12.3. The molecule has 0 aliphatic carbocycles. The van der Waals surface area contributed by atoms with Crippen LogP contribution in [0.1, 0.15) is 41.5 Å². The molecular weight excluding hydrogens is 284 g/mol. The van der Waals surface area contributed by atoms with Crippen LogP contribution in [0.4, 0.5) is 0 Å². The first kappa shape index (κ1) is 20.8. The van der Waals surface area contributed by atoms with Crippen molar-refractivity contribution < 1.29 is 45.6 Å². The standard InChI is InChI=1S/C13H21O5.Ti/c1-7(2)17-13(18-8(3)4)12(16)11(9(5)14)10(6)15;/h7-8,13H,1-6H3;/q-1;. The quantitative estimate of drug-likeness (QED) is 0.294. The Morgan fingerprint density at radius 3 is 1.37 bits per heavy atom. The Morgan fingerprint density at radius 1 is 0.842 bits per heavy atom. The average Bonchev–Trinajstić information content (AvgIpc) is 2.13. The van der Waals surface area contributed by atoms with Crippen molar-refractivity contribution in [3.8, 4) is 0 Å². The minimum absolute atomic E-state index is 0. The Hall–Kier alpha value is -0.486. The summed E-state index contributed by atoms with van der Waals surface area (Å²) in [7, 11) is 0. The molecule has 19 heavy (non-hydrogen) atoms. The van der Waals surface area contributed by atoms with Crippen molar-refractivity contribution in [1.82, 2.24) is 0 Å². The summed E-state index contributed by atoms with van der Waals surface area (Å²) in [6, 6.07) is 0. The molecule has 0 aromatic carbocycles. The number of Topliss-reactive ketones (excluding diaryl/α,β-unsaturated/α-hetero) is 3. The molecule has 0 unspecified atom stereocenters. The molecule has 0 amide bonds. The van der Waals surface area contributed by atoms with Crippen LogP contribution in [-0.4, -0.2) is 35.8 Å². The summed E-state index contributed by atoms with van der Waals surface area (Å²) in [4.78, 5) is 34.7. The van der Waals surface area contributed by atoms with Gasteiger partial charge >= 0.3 is 0 Å². The van der Waals surface area contributed by atoms with Gasteiger partial charge in [-0.15, -0.1) is 0 Å². The van der Waals surface area contributed by atoms with Crippen LogP contribution in [0.5, 0.6) is 0 Å². The average molecular weight is 305 g/mol. The Labute approximate surface area is 129 Å². The van der Waals surface area contributed by atoms with E-state index in [9.17, 15) is 14.4 Å². The molecule has 0 N–H and O–H groups in total. The number of carbonyl (C=O) groups is 3. The van der Waals surface area contributed by atoms with Crippen LogP contribution >= 0.6 is 0 Å². The zero-order valence-corrected chi connectivity index (χ0v) is 13.8. The number of hydrogen-bond donors (Lipinski definition) is 0. The molecule has 108 valence electrons. The molecule has 0 aliphatic heterocycles. The fraction of sp³-hybridized carbons (Fsp3) is 0.692. The summed E-state index contributed by atoms with van der Waals surface area (Å²) in [5.41, 5.74) is 0. The van der Waals surface area contributed by atoms with Gasteiger partial charge in [0, 0.05) is 33.3 Å². The zero-order chi connectivity index (χ0) is 14.5. The predicted molar refractivity (Wildman–Crippen MR) is 65.8 cm³/mol. The predicted octanol–water partition coefficient (Wildman–Crippen LogP) is 1.48. The largest absolute Gasteiger partial charge is 0.345 e. The third-order valence-electron chi connectivity index (χ3n) is 1.96. The van der Waals surface area contributed by atoms with E-state index in [1.54, 1.807) is 27.7 Å². The van der Waals surface area contributed by atoms with E-state index in [2.05, 4.69) is 0 Å². The third kappa shape index (κ3) is 7.62. The fourth-order valence-corrected chi connectivity index (χ4v) is 1.36. The second kappa shape index (κ2) is 9.42. The molecule has 0 spiro atoms. The van der Waals surface area contributed by atoms with Crippen LogP contribution in [-0.2, 0) is 45.6 Å². The van der Waals surface area contributed by atoms with Crippen molar-refractivity contribution in [2.75, 3.05) is 0 Å². The number of hydrogen-bond acceptors (Lipinski definition) is 5. The van der Waals surface area contributed by atoms with Gasteiger partial charge in [0.2, 0.25) is 0 Å². The summed E-state index contributed by atoms with van der Waals surface area (Å²) < 4.78 is 10.6. The first-order valence-electron chi connectivity index (χ1n) is 5.90. The first-order valence-corrected chi connectivity index (χ1v) is 5.90. The second-order valence-electron chi connectivity index (χ2n) is 4.55. The van der Waals surface area contributed by atoms with Gasteiger partial charge in [-0.25, -0.2) is 0 Å². The van der Waals surface area contributed by atoms with Gasteiger partial charge in [-0.05, 0) is 41.5 Å². The Balaban J connectivity index is 0. The molecular formula is C13H21O5Ti-. The minimum Gasteiger partial charge on any atom is -0.345 e. The molecule has 6 heteroatoms. The molecule has 0 atom stereocenters. The third-order valence-corrected chi connectivity index (χ3v) is 1.96. The molecule has 0 radical (unpaired) electrons. The summed E-state index contributed by atoms with van der Waals surface area (Å²) in [6.07, 6.45) is -1.72. The van der Waals surface area contributed by atoms with Gasteiger partial charge in [-0.1, -0.05) is 0 Å². The van der Waals surface area contributed by atoms with Crippen LogP contribution < -0.4 is 0 Å². The molecule has 0 rings (SSSR count). The van der Waals surface area contributed by atoms with Gasteiger partial charge in [0.25, 0.3) is 0 Å². The fourth-order valence-electron chi connectivity index (χ4n) is 1.36. The van der Waals surface area contributed by atoms with Crippen molar-refractivity contribution in [2.45, 2.75) is 60.0 Å². The van der Waals surface area contributed by atoms with Gasteiger partial charge in [0.1, 0.15) is 0 Å². The van der Waals surface area contributed by atoms with Gasteiger partial charge in [-0.3, -0.25) is 0 Å². The Morgan fingerprint density at radius 2 is 1.16 bits per heavy atom. The number of rotatable bonds is 8. The van der Waals surface area contributed by atoms with Gasteiger partial charge in [0.05, 0.1) is 18.0 Å². The van der Waals surface area contributed by atoms with Crippen molar-refractivity contribution in [1.29, 1.82) is 0 Å². The molecule has 0 bridgehead atoms. The van der Waals surface area contributed by atoms with Crippen molar-refractivity contribution in [3.63, 3.8) is 0 Å². The molecule has 0 aromatic rings. The maximum absolute atomic E-state index is 12.1. The van der Waals surface area contributed by atoms with Gasteiger partial charge in [-0.2, -0.15) is 5.92 Å². The summed E-state index contributed by atoms with van der Waals surface area (Å²) >= 11 is 0. The van der Waals surface area contributed by atoms with Crippen LogP contribution in [0.2, 0.25) is 0 Å². The minimum atomic E-state index is -1.22. The van der Waals surface area contributed by atoms with E-state index in [0.717, 1.165) is 0 Å². The molecule has 0 heterocycles. The van der Waals surface area contributed by atoms with E-state index in [1.165, 1.54) is 13.8 Å². The van der Waals surface area contributed by atoms with Crippen molar-refractivity contribution in [3.05, 3.63) is 5.92 Å². The van der Waals surface area contributed by atoms with E-state index in [4.69, 9.17) is 9.47 Å². The Kier molecular flexibility index (Phi) is 10.3. The molecule has 0 saturated carbocycles. The van der Waals surface area contributed by atoms with Crippen LogP contribution in [0.25, 0.3) is 0 Å². The van der Waals surface area contributed by atoms with E-state index in [-0.39, 0.29) is 39.8 Å². The van der Waals surface area contributed by atoms with E-state index in [1.807, 2.05) is 0 Å². The van der Waals surface area contributed by atoms with E-state index in [0.29, 0.717) is 0 Å². The van der Waals surface area contributed by atoms with Gasteiger partial charge < -0.3 is 23.9 Å². The summed E-state index contributed by atoms with van der Waals surface area (Å²) in [5.74, 6) is -2.24. The van der Waals surface area contributed by atoms with E-state index >= 15 is 0 Å². The number of ether oxygens (including phenoxy) is 2. The smallest absolute Gasteiger partial charge is 0.190 e. The second-order valence-corrected chi connectivity index (χ2v) is 4.55. The van der Waals surface area contributed by atoms with Crippen LogP contribution in [0, 0.1) is 5.92 Å². The maximum atomic E-state index is 12.1. The molecule has 0 aromatic heterocycles. The van der Waals surface area contributed by atoms with Crippen molar-refractivity contribution >= 4 is 17.3 Å². The molecule has 0 fully saturated rings. The molecule has 0 saturated heterocycles. The Bertz CT molecular complexity index is 301. The van der Waals surface area contributed by atoms with Gasteiger partial charge in [0.15, 0.2) is 6.29 Å². The maximum Gasteiger partial charge on any atom is 0.190 e. The van der Waals surface area contributed by atoms with Crippen LogP contribution in [0.3, 0.4) is 0 Å².